The maximum Gasteiger partial charge on any atom is 0.303 e. The maximum atomic E-state index is 13.9. The van der Waals surface area contributed by atoms with Crippen molar-refractivity contribution < 1.29 is 22.8 Å². The lowest BCUT2D eigenvalue weighted by Crippen LogP contribution is -2.50. The third kappa shape index (κ3) is 10.2. The van der Waals surface area contributed by atoms with Crippen LogP contribution in [0.5, 0.6) is 0 Å². The Morgan fingerprint density at radius 1 is 1.04 bits per heavy atom. The van der Waals surface area contributed by atoms with Gasteiger partial charge in [-0.3, -0.25) is 18.7 Å². The van der Waals surface area contributed by atoms with Gasteiger partial charge in [0.1, 0.15) is 0 Å². The zero-order valence-electron chi connectivity index (χ0n) is 27.8. The molecule has 3 atom stereocenters. The van der Waals surface area contributed by atoms with Crippen molar-refractivity contribution >= 4 is 56.6 Å². The van der Waals surface area contributed by atoms with Gasteiger partial charge in [-0.25, -0.2) is 4.98 Å². The first-order valence-electron chi connectivity index (χ1n) is 15.8. The Kier molecular flexibility index (Phi) is 13.0. The molecule has 0 bridgehead atoms. The predicted molar refractivity (Wildman–Crippen MR) is 190 cm³/mol. The van der Waals surface area contributed by atoms with Gasteiger partial charge in [-0.05, 0) is 68.0 Å². The number of aromatic nitrogens is 1. The van der Waals surface area contributed by atoms with Gasteiger partial charge in [-0.15, -0.1) is 11.3 Å². The van der Waals surface area contributed by atoms with Crippen LogP contribution in [0.25, 0.3) is 0 Å². The zero-order chi connectivity index (χ0) is 35.0. The summed E-state index contributed by atoms with van der Waals surface area (Å²) < 4.78 is 28.2. The molecule has 3 amide bonds. The highest BCUT2D eigenvalue weighted by atomic mass is 35.5. The molecule has 260 valence electrons. The number of anilines is 1. The van der Waals surface area contributed by atoms with E-state index in [2.05, 4.69) is 26.3 Å². The van der Waals surface area contributed by atoms with E-state index in [1.165, 1.54) is 50.7 Å². The molecule has 2 aromatic carbocycles. The Bertz CT molecular complexity index is 1680. The second-order valence-electron chi connectivity index (χ2n) is 12.2. The lowest BCUT2D eigenvalue weighted by Gasteiger charge is -2.25. The number of carbonyl (C=O) groups is 3. The van der Waals surface area contributed by atoms with Gasteiger partial charge < -0.3 is 21.3 Å². The molecule has 3 aromatic rings. The Balaban J connectivity index is 1.59. The lowest BCUT2D eigenvalue weighted by molar-refractivity contribution is -0.123. The van der Waals surface area contributed by atoms with Crippen LogP contribution in [0.1, 0.15) is 71.1 Å². The van der Waals surface area contributed by atoms with Gasteiger partial charge in [0.25, 0.3) is 11.8 Å². The van der Waals surface area contributed by atoms with Crippen LogP contribution in [-0.2, 0) is 21.4 Å². The zero-order valence-corrected chi connectivity index (χ0v) is 30.2. The van der Waals surface area contributed by atoms with E-state index < -0.39 is 40.1 Å². The van der Waals surface area contributed by atoms with Gasteiger partial charge in [-0.1, -0.05) is 30.7 Å². The number of halogens is 1. The summed E-state index contributed by atoms with van der Waals surface area (Å²) in [6.45, 7) is 4.66. The van der Waals surface area contributed by atoms with E-state index in [9.17, 15) is 22.8 Å². The van der Waals surface area contributed by atoms with Gasteiger partial charge in [0.15, 0.2) is 0 Å². The maximum absolute atomic E-state index is 13.9. The average Bonchev–Trinajstić information content (AvgIpc) is 3.75. The van der Waals surface area contributed by atoms with E-state index in [0.717, 1.165) is 32.7 Å². The molecule has 12 nitrogen and oxygen atoms in total. The Morgan fingerprint density at radius 3 is 2.31 bits per heavy atom. The molecule has 1 saturated carbocycles. The van der Waals surface area contributed by atoms with Crippen molar-refractivity contribution in [2.24, 2.45) is 5.92 Å². The van der Waals surface area contributed by atoms with E-state index in [1.807, 2.05) is 18.4 Å². The van der Waals surface area contributed by atoms with Crippen LogP contribution in [0, 0.1) is 5.92 Å². The number of nitrogens with one attached hydrogen (secondary N) is 4. The third-order valence-corrected chi connectivity index (χ3v) is 10.9. The smallest absolute Gasteiger partial charge is 0.303 e. The van der Waals surface area contributed by atoms with Crippen molar-refractivity contribution in [3.63, 3.8) is 0 Å². The Labute approximate surface area is 291 Å². The minimum atomic E-state index is -3.95. The summed E-state index contributed by atoms with van der Waals surface area (Å²) in [5.74, 6) is -0.545. The molecular weight excluding hydrogens is 674 g/mol. The largest absolute Gasteiger partial charge is 0.354 e. The molecule has 0 saturated heterocycles. The number of thiazole rings is 1. The van der Waals surface area contributed by atoms with E-state index in [-0.39, 0.29) is 29.3 Å². The minimum Gasteiger partial charge on any atom is -0.354 e. The number of amides is 3. The number of hydrogen-bond donors (Lipinski definition) is 4. The summed E-state index contributed by atoms with van der Waals surface area (Å²) in [7, 11) is 0.208. The standard InChI is InChI=1S/C33H44ClN7O5S2/c1-6-30(33(44)36-17-22-10-11-22)35-18-27(16-28-19-47-20-37-28)39-32(43)25-12-24(14-29(15-25)41(5)48(45,46)40(3)4)31(42)38-21(2)23-8-7-9-26(34)13-23/h7-9,12-15,19-22,27,30,35H,6,10-11,16-18H2,1-5H3,(H,36,44)(H,38,42)(H,39,43)/t21-,27+,30+/m1/s1. The molecule has 4 N–H and O–H groups in total. The normalized spacial score (nSPS) is 15.0. The lowest BCUT2D eigenvalue weighted by atomic mass is 10.0. The molecule has 1 fully saturated rings. The third-order valence-electron chi connectivity index (χ3n) is 8.18. The summed E-state index contributed by atoms with van der Waals surface area (Å²) in [6, 6.07) is 10.0. The van der Waals surface area contributed by atoms with E-state index in [0.29, 0.717) is 30.3 Å². The quantitative estimate of drug-likeness (QED) is 0.166. The first-order valence-corrected chi connectivity index (χ1v) is 18.6. The molecule has 0 spiro atoms. The molecule has 1 aromatic heterocycles. The fraction of sp³-hybridized carbons (Fsp3) is 0.455. The molecule has 1 aliphatic carbocycles. The average molecular weight is 718 g/mol. The molecule has 0 unspecified atom stereocenters. The van der Waals surface area contributed by atoms with Gasteiger partial charge >= 0.3 is 10.2 Å². The summed E-state index contributed by atoms with van der Waals surface area (Å²) in [6.07, 6.45) is 3.22. The van der Waals surface area contributed by atoms with Crippen LogP contribution in [-0.4, -0.2) is 81.7 Å². The minimum absolute atomic E-state index is 0.0800. The van der Waals surface area contributed by atoms with Crippen LogP contribution in [0.4, 0.5) is 5.69 Å². The van der Waals surface area contributed by atoms with Crippen molar-refractivity contribution in [2.75, 3.05) is 38.5 Å². The summed E-state index contributed by atoms with van der Waals surface area (Å²) in [5, 5.41) is 14.7. The van der Waals surface area contributed by atoms with Crippen molar-refractivity contribution in [1.29, 1.82) is 0 Å². The second-order valence-corrected chi connectivity index (χ2v) is 15.5. The number of rotatable bonds is 17. The van der Waals surface area contributed by atoms with Crippen molar-refractivity contribution in [3.05, 3.63) is 80.8 Å². The highest BCUT2D eigenvalue weighted by Crippen LogP contribution is 2.27. The van der Waals surface area contributed by atoms with Crippen molar-refractivity contribution in [2.45, 2.75) is 57.7 Å². The van der Waals surface area contributed by atoms with Gasteiger partial charge in [0.2, 0.25) is 5.91 Å². The van der Waals surface area contributed by atoms with Gasteiger partial charge in [-0.2, -0.15) is 12.7 Å². The fourth-order valence-electron chi connectivity index (χ4n) is 5.00. The van der Waals surface area contributed by atoms with E-state index in [4.69, 9.17) is 11.6 Å². The molecular formula is C33H44ClN7O5S2. The topological polar surface area (TPSA) is 153 Å². The number of benzene rings is 2. The van der Waals surface area contributed by atoms with Crippen LogP contribution in [0.15, 0.2) is 53.4 Å². The molecule has 0 aliphatic heterocycles. The summed E-state index contributed by atoms with van der Waals surface area (Å²) >= 11 is 7.59. The van der Waals surface area contributed by atoms with Gasteiger partial charge in [0.05, 0.1) is 29.0 Å². The van der Waals surface area contributed by atoms with Gasteiger partial charge in [0, 0.05) is 68.2 Å². The van der Waals surface area contributed by atoms with Crippen LogP contribution < -0.4 is 25.6 Å². The first-order chi connectivity index (χ1) is 22.8. The van der Waals surface area contributed by atoms with E-state index >= 15 is 0 Å². The number of carbonyl (C=O) groups excluding carboxylic acids is 3. The highest BCUT2D eigenvalue weighted by Gasteiger charge is 2.27. The SMILES string of the molecule is CC[C@H](NC[C@H](Cc1cscn1)NC(=O)c1cc(C(=O)N[C@H](C)c2cccc(Cl)c2)cc(N(C)S(=O)(=O)N(C)C)c1)C(=O)NCC1CC1. The van der Waals surface area contributed by atoms with Crippen LogP contribution in [0.2, 0.25) is 5.02 Å². The fourth-order valence-corrected chi connectivity index (χ4v) is 6.64. The highest BCUT2D eigenvalue weighted by molar-refractivity contribution is 7.90. The summed E-state index contributed by atoms with van der Waals surface area (Å²) in [5.41, 5.74) is 3.58. The molecule has 1 aliphatic rings. The van der Waals surface area contributed by atoms with Crippen molar-refractivity contribution in [3.8, 4) is 0 Å². The molecule has 15 heteroatoms. The summed E-state index contributed by atoms with van der Waals surface area (Å²) in [4.78, 5) is 44.6. The molecule has 48 heavy (non-hydrogen) atoms. The monoisotopic (exact) mass is 717 g/mol. The van der Waals surface area contributed by atoms with Crippen molar-refractivity contribution in [1.82, 2.24) is 30.6 Å². The number of nitrogens with zero attached hydrogens (tertiary/aromatic N) is 3. The van der Waals surface area contributed by atoms with E-state index in [1.54, 1.807) is 30.6 Å². The molecule has 1 heterocycles. The molecule has 4 rings (SSSR count). The predicted octanol–water partition coefficient (Wildman–Crippen LogP) is 3.77. The van der Waals surface area contributed by atoms with Crippen LogP contribution >= 0.6 is 22.9 Å². The Hall–Kier alpha value is -3.56. The Morgan fingerprint density at radius 2 is 1.73 bits per heavy atom. The van der Waals surface area contributed by atoms with Crippen LogP contribution in [0.3, 0.4) is 0 Å². The molecule has 0 radical (unpaired) electrons. The second kappa shape index (κ2) is 16.7. The first kappa shape index (κ1) is 37.3. The number of hydrogen-bond acceptors (Lipinski definition) is 8.